The van der Waals surface area contributed by atoms with Crippen molar-refractivity contribution in [3.05, 3.63) is 33.4 Å². The van der Waals surface area contributed by atoms with Gasteiger partial charge < -0.3 is 9.88 Å². The second-order valence-electron chi connectivity index (χ2n) is 5.03. The first-order valence-electron chi connectivity index (χ1n) is 6.62. The number of hydrogen-bond donors (Lipinski definition) is 2. The zero-order valence-electron chi connectivity index (χ0n) is 11.7. The number of nitrogens with one attached hydrogen (secondary N) is 2. The molecule has 7 heteroatoms. The van der Waals surface area contributed by atoms with Crippen molar-refractivity contribution in [2.24, 2.45) is 0 Å². The molecule has 1 aromatic carbocycles. The minimum Gasteiger partial charge on any atom is -0.357 e. The molecule has 0 saturated heterocycles. The molecule has 5 nitrogen and oxygen atoms in total. The highest BCUT2D eigenvalue weighted by Gasteiger charge is 2.31. The van der Waals surface area contributed by atoms with Crippen molar-refractivity contribution in [3.63, 3.8) is 0 Å². The molecule has 0 aliphatic carbocycles. The highest BCUT2D eigenvalue weighted by atomic mass is 35.5. The fourth-order valence-corrected chi connectivity index (χ4v) is 3.33. The number of carbonyl (C=O) groups excluding carboxylic acids is 1. The molecular weight excluding hydrogens is 313 g/mol. The zero-order chi connectivity index (χ0) is 15.1. The summed E-state index contributed by atoms with van der Waals surface area (Å²) in [6.45, 7) is 2.60. The highest BCUT2D eigenvalue weighted by molar-refractivity contribution is 6.45. The van der Waals surface area contributed by atoms with Crippen LogP contribution in [0.4, 0.5) is 4.79 Å². The van der Waals surface area contributed by atoms with E-state index in [0.29, 0.717) is 16.6 Å². The Balaban J connectivity index is 2.09. The van der Waals surface area contributed by atoms with Gasteiger partial charge in [-0.05, 0) is 13.0 Å². The zero-order valence-corrected chi connectivity index (χ0v) is 13.2. The molecule has 0 fully saturated rings. The Bertz CT molecular complexity index is 714. The van der Waals surface area contributed by atoms with E-state index in [9.17, 15) is 4.79 Å². The molecule has 0 radical (unpaired) electrons. The van der Waals surface area contributed by atoms with E-state index in [1.807, 2.05) is 13.0 Å². The number of hydrogen-bond acceptors (Lipinski definition) is 2. The molecule has 2 aromatic rings. The van der Waals surface area contributed by atoms with Gasteiger partial charge in [0.1, 0.15) is 0 Å². The van der Waals surface area contributed by atoms with Gasteiger partial charge in [-0.1, -0.05) is 29.3 Å². The van der Waals surface area contributed by atoms with Crippen LogP contribution in [0, 0.1) is 0 Å². The molecule has 1 unspecified atom stereocenters. The number of benzene rings is 1. The topological polar surface area (TPSA) is 57.4 Å². The van der Waals surface area contributed by atoms with Crippen molar-refractivity contribution in [2.45, 2.75) is 19.4 Å². The van der Waals surface area contributed by atoms with E-state index < -0.39 is 0 Å². The maximum absolute atomic E-state index is 12.0. The van der Waals surface area contributed by atoms with Gasteiger partial charge in [-0.25, -0.2) is 10.3 Å². The third-order valence-electron chi connectivity index (χ3n) is 3.92. The Kier molecular flexibility index (Phi) is 3.73. The van der Waals surface area contributed by atoms with Gasteiger partial charge in [-0.3, -0.25) is 4.84 Å². The Labute approximate surface area is 132 Å². The van der Waals surface area contributed by atoms with E-state index in [1.54, 1.807) is 11.0 Å². The minimum atomic E-state index is -0.245. The Hall–Kier alpha value is -1.43. The van der Waals surface area contributed by atoms with Gasteiger partial charge in [0.15, 0.2) is 0 Å². The van der Waals surface area contributed by atoms with E-state index in [1.165, 1.54) is 7.11 Å². The maximum atomic E-state index is 12.0. The van der Waals surface area contributed by atoms with E-state index in [-0.39, 0.29) is 12.1 Å². The summed E-state index contributed by atoms with van der Waals surface area (Å²) in [5.41, 5.74) is 5.38. The van der Waals surface area contributed by atoms with E-state index in [4.69, 9.17) is 28.0 Å². The van der Waals surface area contributed by atoms with Crippen LogP contribution in [0.1, 0.15) is 24.2 Å². The third kappa shape index (κ3) is 2.25. The molecule has 0 bridgehead atoms. The monoisotopic (exact) mass is 327 g/mol. The second-order valence-corrected chi connectivity index (χ2v) is 5.82. The Morgan fingerprint density at radius 2 is 2.24 bits per heavy atom. The standard InChI is InChI=1S/C14H15Cl2N3O2/c1-7-11-8-3-4-9(15)12(16)13(8)17-10(11)5-6-19(7)14(20)18-21-2/h3-4,7,17H,5-6H2,1-2H3,(H,18,20). The number of carbonyl (C=O) groups is 1. The number of aromatic nitrogens is 1. The molecule has 3 rings (SSSR count). The van der Waals surface area contributed by atoms with Crippen molar-refractivity contribution < 1.29 is 9.63 Å². The minimum absolute atomic E-state index is 0.0742. The van der Waals surface area contributed by atoms with Gasteiger partial charge in [-0.15, -0.1) is 0 Å². The number of halogens is 2. The average Bonchev–Trinajstić information content (AvgIpc) is 2.83. The lowest BCUT2D eigenvalue weighted by Crippen LogP contribution is -2.44. The molecule has 2 N–H and O–H groups in total. The summed E-state index contributed by atoms with van der Waals surface area (Å²) < 4.78 is 0. The van der Waals surface area contributed by atoms with Crippen molar-refractivity contribution in [3.8, 4) is 0 Å². The van der Waals surface area contributed by atoms with E-state index in [0.717, 1.165) is 28.6 Å². The fourth-order valence-electron chi connectivity index (χ4n) is 2.96. The van der Waals surface area contributed by atoms with Crippen molar-refractivity contribution in [1.82, 2.24) is 15.4 Å². The van der Waals surface area contributed by atoms with Gasteiger partial charge in [0.25, 0.3) is 0 Å². The summed E-state index contributed by atoms with van der Waals surface area (Å²) in [5.74, 6) is 0. The van der Waals surface area contributed by atoms with E-state index >= 15 is 0 Å². The number of amides is 2. The number of nitrogens with zero attached hydrogens (tertiary/aromatic N) is 1. The molecule has 112 valence electrons. The summed E-state index contributed by atoms with van der Waals surface area (Å²) in [5, 5.41) is 2.04. The Morgan fingerprint density at radius 1 is 1.48 bits per heavy atom. The van der Waals surface area contributed by atoms with Gasteiger partial charge in [-0.2, -0.15) is 0 Å². The maximum Gasteiger partial charge on any atom is 0.341 e. The predicted octanol–water partition coefficient (Wildman–Crippen LogP) is 3.66. The fraction of sp³-hybridized carbons (Fsp3) is 0.357. The van der Waals surface area contributed by atoms with Crippen LogP contribution in [0.25, 0.3) is 10.9 Å². The van der Waals surface area contributed by atoms with E-state index in [2.05, 4.69) is 10.5 Å². The molecule has 2 heterocycles. The smallest absolute Gasteiger partial charge is 0.341 e. The number of aromatic amines is 1. The highest BCUT2D eigenvalue weighted by Crippen LogP contribution is 2.39. The van der Waals surface area contributed by atoms with Gasteiger partial charge in [0, 0.05) is 29.6 Å². The lowest BCUT2D eigenvalue weighted by atomic mass is 9.97. The normalized spacial score (nSPS) is 17.9. The van der Waals surface area contributed by atoms with Crippen LogP contribution >= 0.6 is 23.2 Å². The predicted molar refractivity (Wildman–Crippen MR) is 82.7 cm³/mol. The quantitative estimate of drug-likeness (QED) is 0.785. The first-order chi connectivity index (χ1) is 10.0. The summed E-state index contributed by atoms with van der Waals surface area (Å²) in [6.07, 6.45) is 0.736. The van der Waals surface area contributed by atoms with Crippen LogP contribution in [0.15, 0.2) is 12.1 Å². The first-order valence-corrected chi connectivity index (χ1v) is 7.38. The SMILES string of the molecule is CONC(=O)N1CCc2[nH]c3c(Cl)c(Cl)ccc3c2C1C. The number of urea groups is 1. The molecule has 0 saturated carbocycles. The first kappa shape index (κ1) is 14.5. The summed E-state index contributed by atoms with van der Waals surface area (Å²) in [6, 6.07) is 3.40. The average molecular weight is 328 g/mol. The third-order valence-corrected chi connectivity index (χ3v) is 4.73. The number of H-pyrrole nitrogens is 1. The van der Waals surface area contributed by atoms with Crippen LogP contribution in [0.5, 0.6) is 0 Å². The molecule has 1 aliphatic rings. The van der Waals surface area contributed by atoms with Crippen LogP contribution < -0.4 is 5.48 Å². The van der Waals surface area contributed by atoms with Crippen molar-refractivity contribution >= 4 is 40.1 Å². The number of rotatable bonds is 1. The lowest BCUT2D eigenvalue weighted by molar-refractivity contribution is 0.0779. The summed E-state index contributed by atoms with van der Waals surface area (Å²) in [4.78, 5) is 21.8. The van der Waals surface area contributed by atoms with Crippen molar-refractivity contribution in [2.75, 3.05) is 13.7 Å². The number of hydroxylamine groups is 1. The van der Waals surface area contributed by atoms with Gasteiger partial charge in [0.05, 0.1) is 28.7 Å². The molecule has 1 aromatic heterocycles. The van der Waals surface area contributed by atoms with Crippen LogP contribution in [0.2, 0.25) is 10.0 Å². The summed E-state index contributed by atoms with van der Waals surface area (Å²) in [7, 11) is 1.42. The Morgan fingerprint density at radius 3 is 2.95 bits per heavy atom. The molecule has 21 heavy (non-hydrogen) atoms. The molecule has 1 atom stereocenters. The molecule has 2 amide bonds. The van der Waals surface area contributed by atoms with Crippen LogP contribution in [0.3, 0.4) is 0 Å². The summed E-state index contributed by atoms with van der Waals surface area (Å²) >= 11 is 12.3. The molecule has 1 aliphatic heterocycles. The van der Waals surface area contributed by atoms with Gasteiger partial charge >= 0.3 is 6.03 Å². The van der Waals surface area contributed by atoms with Crippen LogP contribution in [-0.4, -0.2) is 29.6 Å². The largest absolute Gasteiger partial charge is 0.357 e. The molecule has 0 spiro atoms. The second kappa shape index (κ2) is 5.40. The van der Waals surface area contributed by atoms with Crippen molar-refractivity contribution in [1.29, 1.82) is 0 Å². The van der Waals surface area contributed by atoms with Crippen LogP contribution in [-0.2, 0) is 11.3 Å². The lowest BCUT2D eigenvalue weighted by Gasteiger charge is -2.33. The molecular formula is C14H15Cl2N3O2. The number of fused-ring (bicyclic) bond motifs is 3. The van der Waals surface area contributed by atoms with Gasteiger partial charge in [0.2, 0.25) is 0 Å².